The van der Waals surface area contributed by atoms with Gasteiger partial charge in [-0.1, -0.05) is 6.07 Å². The second-order valence-corrected chi connectivity index (χ2v) is 5.25. The number of anilines is 1. The molecule has 1 unspecified atom stereocenters. The van der Waals surface area contributed by atoms with E-state index in [1.54, 1.807) is 25.7 Å². The molecule has 3 heterocycles. The standard InChI is InChI=1S/C16H21N5O2/c1-22-16-15(18-5-6-19-16)20-12-14(13-3-2-4-17-11-13)21-7-9-23-10-8-21/h2-6,11,14H,7-10,12H2,1H3,(H,18,20). The van der Waals surface area contributed by atoms with Gasteiger partial charge in [-0.15, -0.1) is 0 Å². The van der Waals surface area contributed by atoms with Gasteiger partial charge in [-0.05, 0) is 11.6 Å². The SMILES string of the molecule is COc1nccnc1NCC(c1cccnc1)N1CCOCC1. The minimum Gasteiger partial charge on any atom is -0.478 e. The van der Waals surface area contributed by atoms with Gasteiger partial charge >= 0.3 is 0 Å². The van der Waals surface area contributed by atoms with E-state index in [0.29, 0.717) is 18.2 Å². The summed E-state index contributed by atoms with van der Waals surface area (Å²) in [5, 5.41) is 3.35. The Morgan fingerprint density at radius 1 is 1.26 bits per heavy atom. The Balaban J connectivity index is 1.75. The summed E-state index contributed by atoms with van der Waals surface area (Å²) in [5.41, 5.74) is 1.17. The van der Waals surface area contributed by atoms with E-state index in [-0.39, 0.29) is 6.04 Å². The van der Waals surface area contributed by atoms with Gasteiger partial charge in [0.05, 0.1) is 26.4 Å². The summed E-state index contributed by atoms with van der Waals surface area (Å²) in [5.74, 6) is 1.15. The summed E-state index contributed by atoms with van der Waals surface area (Å²) in [4.78, 5) is 15.1. The van der Waals surface area contributed by atoms with Gasteiger partial charge < -0.3 is 14.8 Å². The third-order valence-electron chi connectivity index (χ3n) is 3.88. The Kier molecular flexibility index (Phi) is 5.33. The minimum atomic E-state index is 0.194. The topological polar surface area (TPSA) is 72.4 Å². The van der Waals surface area contributed by atoms with Gasteiger partial charge in [-0.3, -0.25) is 9.88 Å². The molecule has 2 aromatic heterocycles. The Morgan fingerprint density at radius 3 is 2.83 bits per heavy atom. The molecule has 2 aromatic rings. The van der Waals surface area contributed by atoms with Crippen LogP contribution in [-0.4, -0.2) is 59.8 Å². The summed E-state index contributed by atoms with van der Waals surface area (Å²) in [6.45, 7) is 4.01. The molecule has 23 heavy (non-hydrogen) atoms. The Morgan fingerprint density at radius 2 is 2.09 bits per heavy atom. The lowest BCUT2D eigenvalue weighted by atomic mass is 10.1. The van der Waals surface area contributed by atoms with Gasteiger partial charge in [0.25, 0.3) is 5.88 Å². The van der Waals surface area contributed by atoms with Crippen molar-refractivity contribution in [3.63, 3.8) is 0 Å². The molecule has 7 heteroatoms. The minimum absolute atomic E-state index is 0.194. The van der Waals surface area contributed by atoms with Crippen molar-refractivity contribution >= 4 is 5.82 Å². The van der Waals surface area contributed by atoms with E-state index < -0.39 is 0 Å². The molecule has 122 valence electrons. The van der Waals surface area contributed by atoms with Crippen molar-refractivity contribution in [2.24, 2.45) is 0 Å². The van der Waals surface area contributed by atoms with Crippen LogP contribution in [0.25, 0.3) is 0 Å². The van der Waals surface area contributed by atoms with Gasteiger partial charge in [0, 0.05) is 44.4 Å². The number of nitrogens with zero attached hydrogens (tertiary/aromatic N) is 4. The van der Waals surface area contributed by atoms with Crippen LogP contribution in [0, 0.1) is 0 Å². The van der Waals surface area contributed by atoms with Crippen molar-refractivity contribution in [1.29, 1.82) is 0 Å². The molecule has 1 aliphatic rings. The normalized spacial score (nSPS) is 16.7. The van der Waals surface area contributed by atoms with Crippen LogP contribution in [0.2, 0.25) is 0 Å². The lowest BCUT2D eigenvalue weighted by Gasteiger charge is -2.34. The molecule has 0 radical (unpaired) electrons. The number of morpholine rings is 1. The molecule has 1 fully saturated rings. The number of aromatic nitrogens is 3. The third-order valence-corrected chi connectivity index (χ3v) is 3.88. The first kappa shape index (κ1) is 15.6. The third kappa shape index (κ3) is 3.94. The fourth-order valence-electron chi connectivity index (χ4n) is 2.71. The maximum Gasteiger partial charge on any atom is 0.257 e. The predicted molar refractivity (Wildman–Crippen MR) is 86.4 cm³/mol. The van der Waals surface area contributed by atoms with Crippen LogP contribution < -0.4 is 10.1 Å². The first-order valence-electron chi connectivity index (χ1n) is 7.69. The molecule has 0 amide bonds. The van der Waals surface area contributed by atoms with Crippen molar-refractivity contribution < 1.29 is 9.47 Å². The zero-order valence-corrected chi connectivity index (χ0v) is 13.2. The molecule has 1 aliphatic heterocycles. The van der Waals surface area contributed by atoms with Crippen LogP contribution in [0.1, 0.15) is 11.6 Å². The lowest BCUT2D eigenvalue weighted by Crippen LogP contribution is -2.41. The average Bonchev–Trinajstić information content (AvgIpc) is 2.64. The first-order chi connectivity index (χ1) is 11.4. The number of methoxy groups -OCH3 is 1. The van der Waals surface area contributed by atoms with Crippen LogP contribution in [0.4, 0.5) is 5.82 Å². The fraction of sp³-hybridized carbons (Fsp3) is 0.438. The van der Waals surface area contributed by atoms with Gasteiger partial charge in [0.15, 0.2) is 5.82 Å². The summed E-state index contributed by atoms with van der Waals surface area (Å²) in [6.07, 6.45) is 6.97. The Labute approximate surface area is 135 Å². The van der Waals surface area contributed by atoms with Crippen LogP contribution in [-0.2, 0) is 4.74 Å². The van der Waals surface area contributed by atoms with Crippen LogP contribution in [0.15, 0.2) is 36.9 Å². The van der Waals surface area contributed by atoms with Crippen LogP contribution in [0.3, 0.4) is 0 Å². The highest BCUT2D eigenvalue weighted by Crippen LogP contribution is 2.23. The Bertz CT molecular complexity index is 604. The molecule has 0 aromatic carbocycles. The molecule has 0 aliphatic carbocycles. The summed E-state index contributed by atoms with van der Waals surface area (Å²) in [7, 11) is 1.59. The summed E-state index contributed by atoms with van der Waals surface area (Å²) >= 11 is 0. The molecule has 0 bridgehead atoms. The van der Waals surface area contributed by atoms with Crippen LogP contribution in [0.5, 0.6) is 5.88 Å². The predicted octanol–water partition coefficient (Wildman–Crippen LogP) is 1.37. The van der Waals surface area contributed by atoms with Crippen molar-refractivity contribution in [2.75, 3.05) is 45.3 Å². The second kappa shape index (κ2) is 7.85. The molecule has 3 rings (SSSR count). The molecular weight excluding hydrogens is 294 g/mol. The van der Waals surface area contributed by atoms with Crippen molar-refractivity contribution in [1.82, 2.24) is 19.9 Å². The number of ether oxygens (including phenoxy) is 2. The quantitative estimate of drug-likeness (QED) is 0.863. The molecule has 0 spiro atoms. The highest BCUT2D eigenvalue weighted by Gasteiger charge is 2.23. The number of rotatable bonds is 6. The molecule has 1 N–H and O–H groups in total. The zero-order valence-electron chi connectivity index (χ0n) is 13.2. The van der Waals surface area contributed by atoms with Crippen molar-refractivity contribution in [2.45, 2.75) is 6.04 Å². The van der Waals surface area contributed by atoms with Crippen molar-refractivity contribution in [3.05, 3.63) is 42.5 Å². The van der Waals surface area contributed by atoms with E-state index in [2.05, 4.69) is 31.2 Å². The number of hydrogen-bond acceptors (Lipinski definition) is 7. The molecule has 1 atom stereocenters. The van der Waals surface area contributed by atoms with E-state index in [1.807, 2.05) is 12.3 Å². The highest BCUT2D eigenvalue weighted by atomic mass is 16.5. The van der Waals surface area contributed by atoms with Gasteiger partial charge in [-0.2, -0.15) is 0 Å². The van der Waals surface area contributed by atoms with E-state index in [9.17, 15) is 0 Å². The van der Waals surface area contributed by atoms with Gasteiger partial charge in [0.1, 0.15) is 0 Å². The maximum absolute atomic E-state index is 5.46. The number of hydrogen-bond donors (Lipinski definition) is 1. The van der Waals surface area contributed by atoms with Crippen molar-refractivity contribution in [3.8, 4) is 5.88 Å². The van der Waals surface area contributed by atoms with E-state index >= 15 is 0 Å². The second-order valence-electron chi connectivity index (χ2n) is 5.25. The summed E-state index contributed by atoms with van der Waals surface area (Å²) < 4.78 is 10.7. The Hall–Kier alpha value is -2.25. The smallest absolute Gasteiger partial charge is 0.257 e. The van der Waals surface area contributed by atoms with E-state index in [1.165, 1.54) is 5.56 Å². The molecule has 1 saturated heterocycles. The lowest BCUT2D eigenvalue weighted by molar-refractivity contribution is 0.0186. The molecular formula is C16H21N5O2. The first-order valence-corrected chi connectivity index (χ1v) is 7.69. The van der Waals surface area contributed by atoms with Gasteiger partial charge in [-0.25, -0.2) is 9.97 Å². The number of pyridine rings is 1. The molecule has 0 saturated carbocycles. The molecule has 7 nitrogen and oxygen atoms in total. The average molecular weight is 315 g/mol. The summed E-state index contributed by atoms with van der Waals surface area (Å²) in [6, 6.07) is 4.26. The monoisotopic (exact) mass is 315 g/mol. The highest BCUT2D eigenvalue weighted by molar-refractivity contribution is 5.44. The largest absolute Gasteiger partial charge is 0.478 e. The van der Waals surface area contributed by atoms with Gasteiger partial charge in [0.2, 0.25) is 0 Å². The van der Waals surface area contributed by atoms with Crippen LogP contribution >= 0.6 is 0 Å². The van der Waals surface area contributed by atoms with E-state index in [0.717, 1.165) is 26.3 Å². The zero-order chi connectivity index (χ0) is 15.9. The fourth-order valence-corrected chi connectivity index (χ4v) is 2.71. The number of nitrogens with one attached hydrogen (secondary N) is 1. The van der Waals surface area contributed by atoms with E-state index in [4.69, 9.17) is 9.47 Å². The maximum atomic E-state index is 5.46.